The van der Waals surface area contributed by atoms with Crippen LogP contribution < -0.4 is 4.65 Å². The standard InChI is InChI=1S/C12H10BBrO2/c14-11-6-10(7-12(8-11)16-13-15)9-4-2-1-3-5-9/h1-8,13,15H. The van der Waals surface area contributed by atoms with E-state index in [1.807, 2.05) is 48.5 Å². The molecule has 0 heterocycles. The van der Waals surface area contributed by atoms with E-state index in [0.29, 0.717) is 5.75 Å². The molecule has 4 heteroatoms. The van der Waals surface area contributed by atoms with E-state index in [0.717, 1.165) is 15.6 Å². The Balaban J connectivity index is 2.41. The smallest absolute Gasteiger partial charge is 0.504 e. The lowest BCUT2D eigenvalue weighted by atomic mass is 10.1. The first-order valence-electron chi connectivity index (χ1n) is 4.89. The van der Waals surface area contributed by atoms with Crippen LogP contribution in [0.2, 0.25) is 0 Å². The predicted molar refractivity (Wildman–Crippen MR) is 69.6 cm³/mol. The van der Waals surface area contributed by atoms with Crippen LogP contribution in [-0.4, -0.2) is 12.7 Å². The van der Waals surface area contributed by atoms with E-state index < -0.39 is 0 Å². The molecule has 0 fully saturated rings. The summed E-state index contributed by atoms with van der Waals surface area (Å²) in [5.41, 5.74) is 2.17. The number of hydrogen-bond donors (Lipinski definition) is 1. The van der Waals surface area contributed by atoms with E-state index >= 15 is 0 Å². The number of benzene rings is 2. The van der Waals surface area contributed by atoms with E-state index in [1.165, 1.54) is 0 Å². The molecule has 0 amide bonds. The second-order valence-electron chi connectivity index (χ2n) is 3.32. The highest BCUT2D eigenvalue weighted by Crippen LogP contribution is 2.28. The van der Waals surface area contributed by atoms with Gasteiger partial charge in [0.15, 0.2) is 0 Å². The molecular formula is C12H10BBrO2. The molecule has 0 radical (unpaired) electrons. The predicted octanol–water partition coefficient (Wildman–Crippen LogP) is 2.75. The van der Waals surface area contributed by atoms with Crippen molar-refractivity contribution in [2.24, 2.45) is 0 Å². The minimum absolute atomic E-state index is 0.315. The number of rotatable bonds is 3. The van der Waals surface area contributed by atoms with Gasteiger partial charge in [0.1, 0.15) is 5.75 Å². The SMILES string of the molecule is OBOc1cc(Br)cc(-c2ccccc2)c1. The van der Waals surface area contributed by atoms with Crippen LogP contribution in [0.5, 0.6) is 5.75 Å². The van der Waals surface area contributed by atoms with Crippen molar-refractivity contribution in [3.63, 3.8) is 0 Å². The number of halogens is 1. The van der Waals surface area contributed by atoms with Gasteiger partial charge in [-0.2, -0.15) is 0 Å². The fourth-order valence-corrected chi connectivity index (χ4v) is 1.99. The van der Waals surface area contributed by atoms with Crippen molar-refractivity contribution >= 4 is 23.6 Å². The van der Waals surface area contributed by atoms with Crippen molar-refractivity contribution in [3.05, 3.63) is 53.0 Å². The van der Waals surface area contributed by atoms with E-state index in [-0.39, 0.29) is 7.69 Å². The lowest BCUT2D eigenvalue weighted by Crippen LogP contribution is -1.99. The van der Waals surface area contributed by atoms with Gasteiger partial charge in [-0.05, 0) is 29.3 Å². The zero-order valence-electron chi connectivity index (χ0n) is 8.56. The van der Waals surface area contributed by atoms with Crippen LogP contribution >= 0.6 is 15.9 Å². The van der Waals surface area contributed by atoms with Gasteiger partial charge in [0.25, 0.3) is 0 Å². The van der Waals surface area contributed by atoms with Crippen LogP contribution in [0.1, 0.15) is 0 Å². The van der Waals surface area contributed by atoms with Gasteiger partial charge in [-0.3, -0.25) is 0 Å². The van der Waals surface area contributed by atoms with Crippen molar-refractivity contribution in [2.45, 2.75) is 0 Å². The maximum atomic E-state index is 8.73. The van der Waals surface area contributed by atoms with Gasteiger partial charge < -0.3 is 9.68 Å². The summed E-state index contributed by atoms with van der Waals surface area (Å²) in [7, 11) is -0.315. The highest BCUT2D eigenvalue weighted by Gasteiger charge is 2.02. The zero-order chi connectivity index (χ0) is 11.4. The molecule has 16 heavy (non-hydrogen) atoms. The van der Waals surface area contributed by atoms with E-state index in [2.05, 4.69) is 15.9 Å². The van der Waals surface area contributed by atoms with Gasteiger partial charge >= 0.3 is 7.69 Å². The van der Waals surface area contributed by atoms with Crippen LogP contribution in [0.15, 0.2) is 53.0 Å². The van der Waals surface area contributed by atoms with Crippen molar-refractivity contribution in [1.82, 2.24) is 0 Å². The second kappa shape index (κ2) is 5.19. The molecule has 0 aliphatic carbocycles. The molecule has 80 valence electrons. The number of hydrogen-bond acceptors (Lipinski definition) is 2. The molecule has 1 N–H and O–H groups in total. The minimum Gasteiger partial charge on any atom is -0.539 e. The Morgan fingerprint density at radius 3 is 2.44 bits per heavy atom. The Labute approximate surface area is 103 Å². The molecule has 2 rings (SSSR count). The monoisotopic (exact) mass is 276 g/mol. The normalized spacial score (nSPS) is 9.88. The third kappa shape index (κ3) is 2.65. The molecule has 0 aromatic heterocycles. The van der Waals surface area contributed by atoms with Crippen LogP contribution in [-0.2, 0) is 0 Å². The van der Waals surface area contributed by atoms with Crippen molar-refractivity contribution < 1.29 is 9.68 Å². The van der Waals surface area contributed by atoms with Crippen LogP contribution in [0.25, 0.3) is 11.1 Å². The largest absolute Gasteiger partial charge is 0.539 e. The maximum absolute atomic E-state index is 8.73. The fraction of sp³-hybridized carbons (Fsp3) is 0. The third-order valence-electron chi connectivity index (χ3n) is 2.21. The van der Waals surface area contributed by atoms with Crippen molar-refractivity contribution in [2.75, 3.05) is 0 Å². The molecule has 0 aliphatic heterocycles. The Morgan fingerprint density at radius 2 is 1.75 bits per heavy atom. The van der Waals surface area contributed by atoms with E-state index in [9.17, 15) is 0 Å². The lowest BCUT2D eigenvalue weighted by molar-refractivity contribution is 0.454. The summed E-state index contributed by atoms with van der Waals surface area (Å²) in [5, 5.41) is 8.73. The minimum atomic E-state index is -0.315. The summed E-state index contributed by atoms with van der Waals surface area (Å²) in [6.45, 7) is 0. The lowest BCUT2D eigenvalue weighted by Gasteiger charge is -2.07. The van der Waals surface area contributed by atoms with Crippen LogP contribution in [0.4, 0.5) is 0 Å². The van der Waals surface area contributed by atoms with Gasteiger partial charge in [-0.15, -0.1) is 0 Å². The quantitative estimate of drug-likeness (QED) is 0.874. The Morgan fingerprint density at radius 1 is 1.00 bits per heavy atom. The first-order valence-corrected chi connectivity index (χ1v) is 5.68. The molecule has 0 spiro atoms. The van der Waals surface area contributed by atoms with Gasteiger partial charge in [0, 0.05) is 4.47 Å². The van der Waals surface area contributed by atoms with E-state index in [4.69, 9.17) is 9.68 Å². The highest BCUT2D eigenvalue weighted by atomic mass is 79.9. The Bertz CT molecular complexity index is 474. The summed E-state index contributed by atoms with van der Waals surface area (Å²) in [6, 6.07) is 15.8. The molecule has 2 nitrogen and oxygen atoms in total. The van der Waals surface area contributed by atoms with Gasteiger partial charge in [-0.25, -0.2) is 0 Å². The molecule has 2 aromatic rings. The summed E-state index contributed by atoms with van der Waals surface area (Å²) < 4.78 is 6.00. The van der Waals surface area contributed by atoms with E-state index in [1.54, 1.807) is 0 Å². The Kier molecular flexibility index (Phi) is 3.64. The molecular weight excluding hydrogens is 267 g/mol. The van der Waals surface area contributed by atoms with Crippen molar-refractivity contribution in [1.29, 1.82) is 0 Å². The van der Waals surface area contributed by atoms with Gasteiger partial charge in [0.2, 0.25) is 0 Å². The van der Waals surface area contributed by atoms with Crippen molar-refractivity contribution in [3.8, 4) is 16.9 Å². The highest BCUT2D eigenvalue weighted by molar-refractivity contribution is 9.10. The molecule has 0 saturated carbocycles. The Hall–Kier alpha value is -1.26. The summed E-state index contributed by atoms with van der Waals surface area (Å²) >= 11 is 3.42. The average Bonchev–Trinajstić information content (AvgIpc) is 2.30. The summed E-state index contributed by atoms with van der Waals surface area (Å²) in [6.07, 6.45) is 0. The average molecular weight is 277 g/mol. The third-order valence-corrected chi connectivity index (χ3v) is 2.67. The van der Waals surface area contributed by atoms with Gasteiger partial charge in [0.05, 0.1) is 0 Å². The topological polar surface area (TPSA) is 29.5 Å². The molecule has 0 unspecified atom stereocenters. The zero-order valence-corrected chi connectivity index (χ0v) is 10.1. The summed E-state index contributed by atoms with van der Waals surface area (Å²) in [4.78, 5) is 0. The first-order chi connectivity index (χ1) is 7.79. The van der Waals surface area contributed by atoms with Crippen LogP contribution in [0, 0.1) is 0 Å². The second-order valence-corrected chi connectivity index (χ2v) is 4.23. The first kappa shape index (κ1) is 11.2. The molecule has 0 saturated heterocycles. The van der Waals surface area contributed by atoms with Gasteiger partial charge in [-0.1, -0.05) is 46.3 Å². The molecule has 0 bridgehead atoms. The van der Waals surface area contributed by atoms with Crippen LogP contribution in [0.3, 0.4) is 0 Å². The summed E-state index contributed by atoms with van der Waals surface area (Å²) in [5.74, 6) is 0.649. The maximum Gasteiger partial charge on any atom is 0.504 e. The molecule has 0 atom stereocenters. The molecule has 2 aromatic carbocycles. The fourth-order valence-electron chi connectivity index (χ4n) is 1.52. The molecule has 0 aliphatic rings.